The number of hydrogen-bond donors (Lipinski definition) is 2. The fraction of sp³-hybridized carbons (Fsp3) is 0.0909. The Kier molecular flexibility index (Phi) is 5.09. The smallest absolute Gasteiger partial charge is 0.224 e. The molecule has 2 aromatic heterocycles. The van der Waals surface area contributed by atoms with Crippen LogP contribution in [0.5, 0.6) is 0 Å². The first-order valence-corrected chi connectivity index (χ1v) is 10.2. The summed E-state index contributed by atoms with van der Waals surface area (Å²) in [5.41, 5.74) is 3.91. The highest BCUT2D eigenvalue weighted by molar-refractivity contribution is 7.74. The number of fused-ring (bicyclic) bond motifs is 1. The van der Waals surface area contributed by atoms with Gasteiger partial charge in [0.25, 0.3) is 0 Å². The Morgan fingerprint density at radius 1 is 1.07 bits per heavy atom. The van der Waals surface area contributed by atoms with Crippen molar-refractivity contribution >= 4 is 33.4 Å². The molecule has 6 nitrogen and oxygen atoms in total. The maximum atomic E-state index is 13.7. The van der Waals surface area contributed by atoms with Crippen LogP contribution in [0.1, 0.15) is 21.5 Å². The number of carbonyl (C=O) groups is 1. The summed E-state index contributed by atoms with van der Waals surface area (Å²) in [6.45, 7) is 1.76. The Bertz CT molecular complexity index is 1350. The van der Waals surface area contributed by atoms with Crippen molar-refractivity contribution in [3.8, 4) is 11.1 Å². The number of benzene rings is 2. The Labute approximate surface area is 174 Å². The number of hydrogen-bond acceptors (Lipinski definition) is 4. The number of aromatic amines is 1. The number of aromatic nitrogens is 2. The predicted octanol–water partition coefficient (Wildman–Crippen LogP) is 3.87. The molecule has 0 saturated carbocycles. The average molecular weight is 423 g/mol. The Balaban J connectivity index is 1.80. The van der Waals surface area contributed by atoms with Gasteiger partial charge in [0.1, 0.15) is 11.5 Å². The van der Waals surface area contributed by atoms with Crippen LogP contribution in [-0.2, 0) is 10.9 Å². The molecule has 0 atom stereocenters. The molecule has 2 aromatic carbocycles. The number of pyridine rings is 1. The molecule has 1 N–H and O–H groups in total. The molecule has 0 aliphatic heterocycles. The van der Waals surface area contributed by atoms with E-state index < -0.39 is 16.7 Å². The zero-order valence-corrected chi connectivity index (χ0v) is 17.1. The molecule has 0 saturated heterocycles. The third-order valence-corrected chi connectivity index (χ3v) is 5.74. The lowest BCUT2D eigenvalue weighted by atomic mass is 9.98. The van der Waals surface area contributed by atoms with Crippen molar-refractivity contribution < 1.29 is 17.6 Å². The summed E-state index contributed by atoms with van der Waals surface area (Å²) in [6, 6.07) is 13.0. The number of ketones is 1. The van der Waals surface area contributed by atoms with Crippen LogP contribution in [0.25, 0.3) is 22.2 Å². The van der Waals surface area contributed by atoms with Crippen LogP contribution in [0, 0.1) is 12.7 Å². The van der Waals surface area contributed by atoms with E-state index in [1.807, 2.05) is 12.1 Å². The molecular weight excluding hydrogens is 405 g/mol. The number of anilines is 1. The van der Waals surface area contributed by atoms with E-state index in [0.717, 1.165) is 15.4 Å². The number of nitrogens with one attached hydrogen (secondary N) is 1. The highest BCUT2D eigenvalue weighted by Crippen LogP contribution is 2.29. The number of H-pyrrole nitrogens is 1. The molecule has 0 spiro atoms. The minimum absolute atomic E-state index is 0.296. The first-order chi connectivity index (χ1) is 14.3. The topological polar surface area (TPSA) is 83.1 Å². The monoisotopic (exact) mass is 423 g/mol. The van der Waals surface area contributed by atoms with E-state index in [4.69, 9.17) is 0 Å². The van der Waals surface area contributed by atoms with Crippen LogP contribution in [0.2, 0.25) is 0 Å². The second kappa shape index (κ2) is 7.72. The summed E-state index contributed by atoms with van der Waals surface area (Å²) in [5, 5.41) is 0.606. The van der Waals surface area contributed by atoms with Gasteiger partial charge < -0.3 is 4.98 Å². The Morgan fingerprint density at radius 2 is 1.87 bits per heavy atom. The normalized spacial score (nSPS) is 11.2. The van der Waals surface area contributed by atoms with Gasteiger partial charge in [-0.1, -0.05) is 18.2 Å². The van der Waals surface area contributed by atoms with Gasteiger partial charge in [0.2, 0.25) is 10.9 Å². The van der Waals surface area contributed by atoms with Crippen molar-refractivity contribution in [3.63, 3.8) is 0 Å². The van der Waals surface area contributed by atoms with E-state index in [0.29, 0.717) is 33.4 Å². The zero-order chi connectivity index (χ0) is 21.4. The summed E-state index contributed by atoms with van der Waals surface area (Å²) in [5.74, 6) is -0.769. The number of carbonyl (C=O) groups excluding carboxylic acids is 1. The van der Waals surface area contributed by atoms with Crippen molar-refractivity contribution in [1.29, 1.82) is 0 Å². The minimum atomic E-state index is -2.75. The van der Waals surface area contributed by atoms with Crippen molar-refractivity contribution in [2.24, 2.45) is 0 Å². The molecule has 0 radical (unpaired) electrons. The van der Waals surface area contributed by atoms with E-state index in [9.17, 15) is 17.6 Å². The standard InChI is InChI=1S/C22H18FN3O3S/c1-13-6-7-16(23)10-18(13)21(27)20-12-25-22-19(20)9-15(11-24-22)14-4-3-5-17(8-14)26(2)30(28)29/h3-12,30H,1-2H3,(H,24,25). The number of halogens is 1. The summed E-state index contributed by atoms with van der Waals surface area (Å²) >= 11 is 0. The summed E-state index contributed by atoms with van der Waals surface area (Å²) < 4.78 is 37.4. The number of nitrogens with zero attached hydrogens (tertiary/aromatic N) is 2. The zero-order valence-electron chi connectivity index (χ0n) is 16.2. The van der Waals surface area contributed by atoms with Gasteiger partial charge in [-0.2, -0.15) is 0 Å². The molecule has 4 aromatic rings. The van der Waals surface area contributed by atoms with E-state index in [1.165, 1.54) is 19.2 Å². The molecule has 30 heavy (non-hydrogen) atoms. The maximum absolute atomic E-state index is 13.7. The Morgan fingerprint density at radius 3 is 2.63 bits per heavy atom. The van der Waals surface area contributed by atoms with E-state index >= 15 is 0 Å². The summed E-state index contributed by atoms with van der Waals surface area (Å²) in [7, 11) is -1.28. The second-order valence-electron chi connectivity index (χ2n) is 6.92. The number of thiol groups is 1. The van der Waals surface area contributed by atoms with Crippen LogP contribution in [0.3, 0.4) is 0 Å². The molecule has 0 unspecified atom stereocenters. The number of aryl methyl sites for hydroxylation is 1. The lowest BCUT2D eigenvalue weighted by molar-refractivity contribution is 0.103. The van der Waals surface area contributed by atoms with Crippen molar-refractivity contribution in [2.75, 3.05) is 11.4 Å². The first kappa shape index (κ1) is 19.8. The highest BCUT2D eigenvalue weighted by atomic mass is 32.2. The quantitative estimate of drug-likeness (QED) is 0.377. The molecule has 152 valence electrons. The summed E-state index contributed by atoms with van der Waals surface area (Å²) in [6.07, 6.45) is 3.22. The van der Waals surface area contributed by atoms with Crippen molar-refractivity contribution in [1.82, 2.24) is 9.97 Å². The van der Waals surface area contributed by atoms with Gasteiger partial charge in [-0.3, -0.25) is 9.10 Å². The number of rotatable bonds is 5. The molecule has 2 heterocycles. The van der Waals surface area contributed by atoms with E-state index in [2.05, 4.69) is 9.97 Å². The predicted molar refractivity (Wildman–Crippen MR) is 115 cm³/mol. The SMILES string of the molecule is Cc1ccc(F)cc1C(=O)c1c[nH]c2ncc(-c3cccc(N(C)[SH](=O)=O)c3)cc12. The fourth-order valence-electron chi connectivity index (χ4n) is 3.31. The van der Waals surface area contributed by atoms with Crippen LogP contribution in [-0.4, -0.2) is 31.2 Å². The molecule has 0 amide bonds. The lowest BCUT2D eigenvalue weighted by Gasteiger charge is -2.12. The van der Waals surface area contributed by atoms with Gasteiger partial charge in [-0.05, 0) is 48.4 Å². The molecule has 0 aliphatic carbocycles. The van der Waals surface area contributed by atoms with Gasteiger partial charge in [0.05, 0.1) is 5.69 Å². The van der Waals surface area contributed by atoms with Crippen LogP contribution in [0.4, 0.5) is 10.1 Å². The molecule has 4 rings (SSSR count). The molecule has 0 aliphatic rings. The van der Waals surface area contributed by atoms with Gasteiger partial charge >= 0.3 is 0 Å². The molecule has 8 heteroatoms. The third-order valence-electron chi connectivity index (χ3n) is 5.02. The van der Waals surface area contributed by atoms with Gasteiger partial charge in [-0.25, -0.2) is 17.8 Å². The first-order valence-electron chi connectivity index (χ1n) is 9.11. The summed E-state index contributed by atoms with van der Waals surface area (Å²) in [4.78, 5) is 20.4. The van der Waals surface area contributed by atoms with Crippen LogP contribution < -0.4 is 4.31 Å². The van der Waals surface area contributed by atoms with Crippen molar-refractivity contribution in [3.05, 3.63) is 83.4 Å². The van der Waals surface area contributed by atoms with Gasteiger partial charge in [0.15, 0.2) is 5.78 Å². The largest absolute Gasteiger partial charge is 0.345 e. The second-order valence-corrected chi connectivity index (χ2v) is 8.00. The fourth-order valence-corrected chi connectivity index (χ4v) is 3.63. The van der Waals surface area contributed by atoms with E-state index in [1.54, 1.807) is 43.6 Å². The molecule has 0 fully saturated rings. The third kappa shape index (κ3) is 3.57. The lowest BCUT2D eigenvalue weighted by Crippen LogP contribution is -2.13. The average Bonchev–Trinajstić information content (AvgIpc) is 3.17. The Hall–Kier alpha value is -3.52. The van der Waals surface area contributed by atoms with Crippen molar-refractivity contribution in [2.45, 2.75) is 6.92 Å². The molecule has 0 bridgehead atoms. The van der Waals surface area contributed by atoms with Crippen LogP contribution in [0.15, 0.2) is 60.9 Å². The minimum Gasteiger partial charge on any atom is -0.345 e. The molecular formula is C22H18FN3O3S. The van der Waals surface area contributed by atoms with Gasteiger partial charge in [0, 0.05) is 41.5 Å². The maximum Gasteiger partial charge on any atom is 0.224 e. The van der Waals surface area contributed by atoms with E-state index in [-0.39, 0.29) is 5.78 Å². The van der Waals surface area contributed by atoms with Gasteiger partial charge in [-0.15, -0.1) is 0 Å². The van der Waals surface area contributed by atoms with Crippen LogP contribution >= 0.6 is 0 Å². The highest BCUT2D eigenvalue weighted by Gasteiger charge is 2.18.